The Labute approximate surface area is 134 Å². The van der Waals surface area contributed by atoms with Crippen molar-refractivity contribution in [1.82, 2.24) is 5.32 Å². The highest BCUT2D eigenvalue weighted by molar-refractivity contribution is 9.10. The fraction of sp³-hybridized carbons (Fsp3) is 0.294. The second-order valence-electron chi connectivity index (χ2n) is 4.86. The van der Waals surface area contributed by atoms with Crippen LogP contribution in [0.3, 0.4) is 0 Å². The predicted octanol–water partition coefficient (Wildman–Crippen LogP) is 5.04. The lowest BCUT2D eigenvalue weighted by atomic mass is 9.92. The van der Waals surface area contributed by atoms with Gasteiger partial charge in [0.1, 0.15) is 0 Å². The number of halogens is 2. The van der Waals surface area contributed by atoms with Crippen LogP contribution in [-0.2, 0) is 6.42 Å². The maximum absolute atomic E-state index is 5.95. The monoisotopic (exact) mass is 351 g/mol. The van der Waals surface area contributed by atoms with Gasteiger partial charge in [-0.2, -0.15) is 0 Å². The van der Waals surface area contributed by atoms with Crippen molar-refractivity contribution in [3.8, 4) is 0 Å². The van der Waals surface area contributed by atoms with E-state index in [4.69, 9.17) is 11.6 Å². The van der Waals surface area contributed by atoms with E-state index < -0.39 is 0 Å². The average molecular weight is 353 g/mol. The fourth-order valence-corrected chi connectivity index (χ4v) is 3.06. The van der Waals surface area contributed by atoms with E-state index in [2.05, 4.69) is 64.6 Å². The van der Waals surface area contributed by atoms with Crippen molar-refractivity contribution >= 4 is 27.5 Å². The molecule has 0 saturated heterocycles. The molecule has 0 radical (unpaired) electrons. The highest BCUT2D eigenvalue weighted by atomic mass is 79.9. The van der Waals surface area contributed by atoms with Gasteiger partial charge in [0.05, 0.1) is 0 Å². The van der Waals surface area contributed by atoms with Crippen molar-refractivity contribution in [3.05, 3.63) is 69.2 Å². The summed E-state index contributed by atoms with van der Waals surface area (Å²) in [6, 6.07) is 16.6. The third-order valence-corrected chi connectivity index (χ3v) is 4.36. The smallest absolute Gasteiger partial charge is 0.0406 e. The Morgan fingerprint density at radius 1 is 1.10 bits per heavy atom. The molecule has 0 aliphatic carbocycles. The predicted molar refractivity (Wildman–Crippen MR) is 90.6 cm³/mol. The SMILES string of the molecule is CCNCC(Cc1ccc(Cl)cc1)c1ccccc1Br. The third-order valence-electron chi connectivity index (χ3n) is 3.38. The van der Waals surface area contributed by atoms with Crippen LogP contribution in [0.5, 0.6) is 0 Å². The summed E-state index contributed by atoms with van der Waals surface area (Å²) in [5.74, 6) is 0.451. The molecule has 20 heavy (non-hydrogen) atoms. The fourth-order valence-electron chi connectivity index (χ4n) is 2.32. The van der Waals surface area contributed by atoms with Gasteiger partial charge in [0, 0.05) is 22.0 Å². The quantitative estimate of drug-likeness (QED) is 0.768. The van der Waals surface area contributed by atoms with E-state index >= 15 is 0 Å². The Hall–Kier alpha value is -0.830. The summed E-state index contributed by atoms with van der Waals surface area (Å²) >= 11 is 9.62. The van der Waals surface area contributed by atoms with Gasteiger partial charge < -0.3 is 5.32 Å². The molecule has 1 N–H and O–H groups in total. The minimum Gasteiger partial charge on any atom is -0.316 e. The van der Waals surface area contributed by atoms with Gasteiger partial charge in [0.25, 0.3) is 0 Å². The maximum atomic E-state index is 5.95. The molecule has 1 atom stereocenters. The third kappa shape index (κ3) is 4.34. The number of hydrogen-bond acceptors (Lipinski definition) is 1. The number of rotatable bonds is 6. The normalized spacial score (nSPS) is 12.3. The van der Waals surface area contributed by atoms with Crippen molar-refractivity contribution in [3.63, 3.8) is 0 Å². The van der Waals surface area contributed by atoms with Crippen LogP contribution in [0.2, 0.25) is 5.02 Å². The van der Waals surface area contributed by atoms with Crippen LogP contribution in [-0.4, -0.2) is 13.1 Å². The first kappa shape index (κ1) is 15.6. The van der Waals surface area contributed by atoms with Crippen LogP contribution in [0.15, 0.2) is 53.0 Å². The van der Waals surface area contributed by atoms with Crippen molar-refractivity contribution in [2.24, 2.45) is 0 Å². The molecule has 2 aromatic carbocycles. The van der Waals surface area contributed by atoms with Gasteiger partial charge in [-0.25, -0.2) is 0 Å². The number of benzene rings is 2. The summed E-state index contributed by atoms with van der Waals surface area (Å²) in [5.41, 5.74) is 2.66. The number of nitrogens with one attached hydrogen (secondary N) is 1. The molecular formula is C17H19BrClN. The molecule has 0 fully saturated rings. The first-order chi connectivity index (χ1) is 9.70. The summed E-state index contributed by atoms with van der Waals surface area (Å²) in [6.45, 7) is 4.10. The topological polar surface area (TPSA) is 12.0 Å². The second kappa shape index (κ2) is 7.82. The minimum atomic E-state index is 0.451. The van der Waals surface area contributed by atoms with Crippen molar-refractivity contribution in [2.45, 2.75) is 19.3 Å². The Morgan fingerprint density at radius 3 is 2.45 bits per heavy atom. The molecule has 0 aliphatic heterocycles. The van der Waals surface area contributed by atoms with E-state index in [1.807, 2.05) is 12.1 Å². The standard InChI is InChI=1S/C17H19BrClN/c1-2-20-12-14(16-5-3-4-6-17(16)18)11-13-7-9-15(19)10-8-13/h3-10,14,20H,2,11-12H2,1H3. The van der Waals surface area contributed by atoms with Crippen molar-refractivity contribution in [2.75, 3.05) is 13.1 Å². The zero-order chi connectivity index (χ0) is 14.4. The largest absolute Gasteiger partial charge is 0.316 e. The van der Waals surface area contributed by atoms with Crippen LogP contribution < -0.4 is 5.32 Å². The van der Waals surface area contributed by atoms with E-state index in [1.54, 1.807) is 0 Å². The summed E-state index contributed by atoms with van der Waals surface area (Å²) in [5, 5.41) is 4.25. The molecule has 1 nitrogen and oxygen atoms in total. The van der Waals surface area contributed by atoms with E-state index in [0.717, 1.165) is 24.5 Å². The Balaban J connectivity index is 2.19. The Bertz CT molecular complexity index is 539. The molecule has 0 aliphatic rings. The van der Waals surface area contributed by atoms with E-state index in [-0.39, 0.29) is 0 Å². The minimum absolute atomic E-state index is 0.451. The first-order valence-electron chi connectivity index (χ1n) is 6.90. The van der Waals surface area contributed by atoms with Gasteiger partial charge in [0.15, 0.2) is 0 Å². The highest BCUT2D eigenvalue weighted by Crippen LogP contribution is 2.27. The molecule has 3 heteroatoms. The van der Waals surface area contributed by atoms with Crippen LogP contribution in [0.1, 0.15) is 24.0 Å². The molecule has 0 aromatic heterocycles. The molecule has 2 aromatic rings. The van der Waals surface area contributed by atoms with E-state index in [1.165, 1.54) is 15.6 Å². The molecule has 1 unspecified atom stereocenters. The summed E-state index contributed by atoms with van der Waals surface area (Å²) < 4.78 is 1.18. The maximum Gasteiger partial charge on any atom is 0.0406 e. The molecule has 0 heterocycles. The van der Waals surface area contributed by atoms with Crippen LogP contribution in [0.4, 0.5) is 0 Å². The lowest BCUT2D eigenvalue weighted by Crippen LogP contribution is -2.23. The van der Waals surface area contributed by atoms with Gasteiger partial charge in [0.2, 0.25) is 0 Å². The second-order valence-corrected chi connectivity index (χ2v) is 6.15. The van der Waals surface area contributed by atoms with Gasteiger partial charge in [-0.15, -0.1) is 0 Å². The number of hydrogen-bond donors (Lipinski definition) is 1. The van der Waals surface area contributed by atoms with Crippen LogP contribution in [0.25, 0.3) is 0 Å². The van der Waals surface area contributed by atoms with Crippen LogP contribution in [0, 0.1) is 0 Å². The van der Waals surface area contributed by atoms with Gasteiger partial charge >= 0.3 is 0 Å². The molecule has 0 spiro atoms. The van der Waals surface area contributed by atoms with Gasteiger partial charge in [-0.1, -0.05) is 64.8 Å². The summed E-state index contributed by atoms with van der Waals surface area (Å²) in [4.78, 5) is 0. The van der Waals surface area contributed by atoms with Gasteiger partial charge in [-0.3, -0.25) is 0 Å². The van der Waals surface area contributed by atoms with E-state index in [9.17, 15) is 0 Å². The van der Waals surface area contributed by atoms with E-state index in [0.29, 0.717) is 5.92 Å². The summed E-state index contributed by atoms with van der Waals surface area (Å²) in [6.07, 6.45) is 1.01. The lowest BCUT2D eigenvalue weighted by Gasteiger charge is -2.19. The summed E-state index contributed by atoms with van der Waals surface area (Å²) in [7, 11) is 0. The molecule has 106 valence electrons. The first-order valence-corrected chi connectivity index (χ1v) is 8.07. The lowest BCUT2D eigenvalue weighted by molar-refractivity contribution is 0.593. The molecular weight excluding hydrogens is 334 g/mol. The van der Waals surface area contributed by atoms with Gasteiger partial charge in [-0.05, 0) is 42.3 Å². The Morgan fingerprint density at radius 2 is 1.80 bits per heavy atom. The number of likely N-dealkylation sites (N-methyl/N-ethyl adjacent to an activating group) is 1. The zero-order valence-corrected chi connectivity index (χ0v) is 13.9. The molecule has 0 saturated carbocycles. The highest BCUT2D eigenvalue weighted by Gasteiger charge is 2.14. The van der Waals surface area contributed by atoms with Crippen LogP contribution >= 0.6 is 27.5 Å². The zero-order valence-electron chi connectivity index (χ0n) is 11.6. The molecule has 2 rings (SSSR count). The van der Waals surface area contributed by atoms with Crippen molar-refractivity contribution < 1.29 is 0 Å². The Kier molecular flexibility index (Phi) is 6.08. The molecule has 0 amide bonds. The average Bonchev–Trinajstić information content (AvgIpc) is 2.46. The molecule has 0 bridgehead atoms. The van der Waals surface area contributed by atoms with Crippen molar-refractivity contribution in [1.29, 1.82) is 0 Å².